The molecule has 0 bridgehead atoms. The summed E-state index contributed by atoms with van der Waals surface area (Å²) in [5.41, 5.74) is 18.9. The monoisotopic (exact) mass is 969 g/mol. The molecule has 2 aromatic carbocycles. The van der Waals surface area contributed by atoms with Crippen LogP contribution in [0.1, 0.15) is 198 Å². The van der Waals surface area contributed by atoms with E-state index in [9.17, 15) is 0 Å². The van der Waals surface area contributed by atoms with Crippen LogP contribution in [0, 0.1) is 34.0 Å². The normalized spacial score (nSPS) is 26.4. The van der Waals surface area contributed by atoms with E-state index in [4.69, 9.17) is 13.2 Å². The molecule has 0 radical (unpaired) electrons. The van der Waals surface area contributed by atoms with Gasteiger partial charge in [0.15, 0.2) is 0 Å². The summed E-state index contributed by atoms with van der Waals surface area (Å²) in [7, 11) is 0. The van der Waals surface area contributed by atoms with Gasteiger partial charge in [0.25, 0.3) is 0 Å². The molecule has 2 fully saturated rings. The molecule has 4 unspecified atom stereocenters. The SMILES string of the molecule is C=C1C(C)CCC(C)(C)C1CC1=CB(c2cc3cc4c(cc3s2)C(C)(C)CCC4(C)C)C(C(CC(=C)C(C)(C)C)N/C(=C/C)C2=C(C)C(C)(C)c3ccccc32)=CN1C/C=C1\C(=C/C)C(C)CCC1(C)C. The van der Waals surface area contributed by atoms with Gasteiger partial charge in [-0.05, 0) is 185 Å². The Balaban J connectivity index is 1.36. The van der Waals surface area contributed by atoms with Gasteiger partial charge in [-0.25, -0.2) is 0 Å². The lowest BCUT2D eigenvalue weighted by atomic mass is 9.40. The summed E-state index contributed by atoms with van der Waals surface area (Å²) >= 11 is 2.04. The molecule has 8 rings (SSSR count). The molecule has 2 heterocycles. The summed E-state index contributed by atoms with van der Waals surface area (Å²) in [6.45, 7) is 54.1. The van der Waals surface area contributed by atoms with Crippen molar-refractivity contribution in [2.45, 2.75) is 198 Å². The van der Waals surface area contributed by atoms with E-state index < -0.39 is 0 Å². The Morgan fingerprint density at radius 3 is 2.15 bits per heavy atom. The average Bonchev–Trinajstić information content (AvgIpc) is 3.81. The molecule has 4 heteroatoms. The van der Waals surface area contributed by atoms with Gasteiger partial charge in [-0.2, -0.15) is 0 Å². The van der Waals surface area contributed by atoms with Crippen molar-refractivity contribution in [3.63, 3.8) is 0 Å². The quantitative estimate of drug-likeness (QED) is 0.152. The molecule has 1 aromatic heterocycles. The average molecular weight is 969 g/mol. The van der Waals surface area contributed by atoms with E-state index in [1.165, 1.54) is 120 Å². The Bertz CT molecular complexity index is 2740. The van der Waals surface area contributed by atoms with Gasteiger partial charge in [0.1, 0.15) is 0 Å². The Labute approximate surface area is 438 Å². The molecule has 380 valence electrons. The summed E-state index contributed by atoms with van der Waals surface area (Å²) in [6, 6.07) is 16.9. The van der Waals surface area contributed by atoms with E-state index in [-0.39, 0.29) is 45.2 Å². The Hall–Kier alpha value is -4.02. The zero-order valence-electron chi connectivity index (χ0n) is 47.9. The molecule has 0 amide bonds. The van der Waals surface area contributed by atoms with E-state index in [1.54, 1.807) is 5.56 Å². The van der Waals surface area contributed by atoms with E-state index in [0.29, 0.717) is 17.8 Å². The highest BCUT2D eigenvalue weighted by Crippen LogP contribution is 2.52. The molecule has 5 aliphatic rings. The van der Waals surface area contributed by atoms with Crippen LogP contribution < -0.4 is 10.1 Å². The number of fused-ring (bicyclic) bond motifs is 3. The molecular formula is C67H93BN2S. The first-order valence-electron chi connectivity index (χ1n) is 27.8. The van der Waals surface area contributed by atoms with E-state index in [0.717, 1.165) is 19.4 Å². The van der Waals surface area contributed by atoms with Gasteiger partial charge >= 0.3 is 0 Å². The highest BCUT2D eigenvalue weighted by atomic mass is 32.1. The minimum atomic E-state index is -0.0646. The molecule has 71 heavy (non-hydrogen) atoms. The van der Waals surface area contributed by atoms with Crippen LogP contribution in [0.3, 0.4) is 0 Å². The third kappa shape index (κ3) is 9.92. The van der Waals surface area contributed by atoms with Gasteiger partial charge < -0.3 is 10.2 Å². The maximum atomic E-state index is 4.90. The number of benzene rings is 2. The maximum Gasteiger partial charge on any atom is 0.248 e. The lowest BCUT2D eigenvalue weighted by Crippen LogP contribution is -2.46. The van der Waals surface area contributed by atoms with Crippen molar-refractivity contribution >= 4 is 38.5 Å². The maximum absolute atomic E-state index is 4.90. The molecule has 4 aliphatic carbocycles. The van der Waals surface area contributed by atoms with E-state index >= 15 is 0 Å². The number of hydrogen-bond donors (Lipinski definition) is 1. The summed E-state index contributed by atoms with van der Waals surface area (Å²) in [4.78, 5) is 2.70. The summed E-state index contributed by atoms with van der Waals surface area (Å²) in [5, 5.41) is 5.79. The third-order valence-electron chi connectivity index (χ3n) is 19.4. The first kappa shape index (κ1) is 53.3. The molecule has 0 saturated heterocycles. The Morgan fingerprint density at radius 2 is 1.51 bits per heavy atom. The van der Waals surface area contributed by atoms with Gasteiger partial charge in [-0.3, -0.25) is 0 Å². The lowest BCUT2D eigenvalue weighted by molar-refractivity contribution is 0.158. The molecule has 1 N–H and O–H groups in total. The standard InChI is InChI=1S/C67H93BN2S/c1-21-49-43(4)28-31-63(11,12)51(49)29-34-70-41-56(58(35-44(5)62(8,9)10)69-57(22-2)61-46(7)67(19,20)52-26-24-23-25-50(52)61)68(40-48(70)38-53-45(6)42(3)27-30-64(53,13)14)60-37-47-36-54-55(39-59(47)71-60)66(17,18)33-32-65(54,15)16/h21-26,29,36-37,39-43,53,58,69H,5-6,27-28,30-35,38H2,1-4,7-20H3/b49-21-,51-29+,57-22+. The van der Waals surface area contributed by atoms with Crippen molar-refractivity contribution in [2.24, 2.45) is 34.0 Å². The number of hydrogen-bond acceptors (Lipinski definition) is 3. The molecule has 3 aromatic rings. The minimum absolute atomic E-state index is 0.0170. The zero-order valence-corrected chi connectivity index (χ0v) is 48.8. The van der Waals surface area contributed by atoms with Crippen molar-refractivity contribution in [2.75, 3.05) is 6.54 Å². The van der Waals surface area contributed by atoms with Crippen LogP contribution in [-0.4, -0.2) is 24.2 Å². The van der Waals surface area contributed by atoms with Gasteiger partial charge in [0.05, 0.1) is 0 Å². The fourth-order valence-corrected chi connectivity index (χ4v) is 14.7. The van der Waals surface area contributed by atoms with E-state index in [1.807, 2.05) is 11.3 Å². The highest BCUT2D eigenvalue weighted by molar-refractivity contribution is 7.30. The molecule has 4 atom stereocenters. The number of allylic oxidation sites excluding steroid dienone is 8. The number of nitrogens with zero attached hydrogens (tertiary/aromatic N) is 1. The first-order valence-corrected chi connectivity index (χ1v) is 28.6. The number of thiophene rings is 1. The molecule has 2 saturated carbocycles. The van der Waals surface area contributed by atoms with Crippen molar-refractivity contribution in [1.29, 1.82) is 0 Å². The third-order valence-corrected chi connectivity index (χ3v) is 20.6. The summed E-state index contributed by atoms with van der Waals surface area (Å²) in [5.74, 6) is 4.22. The number of nitrogens with one attached hydrogen (secondary N) is 1. The van der Waals surface area contributed by atoms with Crippen LogP contribution in [0.5, 0.6) is 0 Å². The minimum Gasteiger partial charge on any atom is -0.379 e. The van der Waals surface area contributed by atoms with Crippen molar-refractivity contribution in [3.05, 3.63) is 153 Å². The predicted octanol–water partition coefficient (Wildman–Crippen LogP) is 18.1. The van der Waals surface area contributed by atoms with Crippen LogP contribution in [0.2, 0.25) is 0 Å². The van der Waals surface area contributed by atoms with Gasteiger partial charge in [0.2, 0.25) is 6.71 Å². The Kier molecular flexibility index (Phi) is 14.3. The Morgan fingerprint density at radius 1 is 0.859 bits per heavy atom. The van der Waals surface area contributed by atoms with Crippen LogP contribution in [0.4, 0.5) is 0 Å². The van der Waals surface area contributed by atoms with Crippen LogP contribution in [0.15, 0.2) is 131 Å². The fourth-order valence-electron chi connectivity index (χ4n) is 13.5. The smallest absolute Gasteiger partial charge is 0.248 e. The largest absolute Gasteiger partial charge is 0.379 e. The van der Waals surface area contributed by atoms with Crippen molar-refractivity contribution < 1.29 is 0 Å². The first-order chi connectivity index (χ1) is 33.0. The second-order valence-electron chi connectivity index (χ2n) is 27.3. The van der Waals surface area contributed by atoms with Crippen molar-refractivity contribution in [1.82, 2.24) is 10.2 Å². The zero-order chi connectivity index (χ0) is 52.0. The summed E-state index contributed by atoms with van der Waals surface area (Å²) < 4.78 is 2.85. The molecule has 0 spiro atoms. The molecule has 2 nitrogen and oxygen atoms in total. The van der Waals surface area contributed by atoms with Crippen LogP contribution >= 0.6 is 11.3 Å². The van der Waals surface area contributed by atoms with Crippen LogP contribution in [-0.2, 0) is 16.2 Å². The van der Waals surface area contributed by atoms with Crippen LogP contribution in [0.25, 0.3) is 15.7 Å². The van der Waals surface area contributed by atoms with E-state index in [2.05, 4.69) is 208 Å². The lowest BCUT2D eigenvalue weighted by Gasteiger charge is -2.45. The highest BCUT2D eigenvalue weighted by Gasteiger charge is 2.43. The van der Waals surface area contributed by atoms with Gasteiger partial charge in [0, 0.05) is 39.7 Å². The second-order valence-corrected chi connectivity index (χ2v) is 28.5. The second kappa shape index (κ2) is 19.0. The predicted molar refractivity (Wildman–Crippen MR) is 315 cm³/mol. The summed E-state index contributed by atoms with van der Waals surface area (Å²) in [6.07, 6.45) is 19.2. The van der Waals surface area contributed by atoms with Crippen molar-refractivity contribution in [3.8, 4) is 0 Å². The van der Waals surface area contributed by atoms with Gasteiger partial charge in [-0.15, -0.1) is 11.3 Å². The fraction of sp³-hybridized carbons (Fsp3) is 0.552. The topological polar surface area (TPSA) is 15.3 Å². The number of rotatable bonds is 11. The molecular weight excluding hydrogens is 876 g/mol. The molecule has 1 aliphatic heterocycles. The van der Waals surface area contributed by atoms with Gasteiger partial charge in [-0.1, -0.05) is 188 Å².